The summed E-state index contributed by atoms with van der Waals surface area (Å²) in [6.07, 6.45) is 8.35. The van der Waals surface area contributed by atoms with E-state index in [9.17, 15) is 9.90 Å². The van der Waals surface area contributed by atoms with Crippen molar-refractivity contribution >= 4 is 5.91 Å². The molecule has 0 radical (unpaired) electrons. The lowest BCUT2D eigenvalue weighted by molar-refractivity contribution is -0.126. The van der Waals surface area contributed by atoms with E-state index in [0.29, 0.717) is 12.3 Å². The Balaban J connectivity index is 1.72. The molecular formula is C21H33NO3. The summed E-state index contributed by atoms with van der Waals surface area (Å²) in [5.41, 5.74) is 0.936. The van der Waals surface area contributed by atoms with Gasteiger partial charge in [0.05, 0.1) is 7.11 Å². The number of carbonyl (C=O) groups is 1. The number of ether oxygens (including phenoxy) is 1. The van der Waals surface area contributed by atoms with E-state index >= 15 is 0 Å². The first-order chi connectivity index (χ1) is 12.0. The molecule has 0 unspecified atom stereocenters. The molecule has 0 aliphatic heterocycles. The summed E-state index contributed by atoms with van der Waals surface area (Å²) in [7, 11) is 1.52. The average molecular weight is 347 g/mol. The molecule has 0 saturated heterocycles. The predicted octanol–water partition coefficient (Wildman–Crippen LogP) is 4.65. The number of aromatic hydroxyl groups is 1. The molecule has 0 heterocycles. The number of carbonyl (C=O) groups excluding carboxylic acids is 1. The van der Waals surface area contributed by atoms with Gasteiger partial charge in [0.2, 0.25) is 5.91 Å². The second-order valence-corrected chi connectivity index (χ2v) is 7.77. The van der Waals surface area contributed by atoms with Gasteiger partial charge in [-0.3, -0.25) is 4.79 Å². The lowest BCUT2D eigenvalue weighted by Gasteiger charge is -2.28. The largest absolute Gasteiger partial charge is 0.504 e. The van der Waals surface area contributed by atoms with Gasteiger partial charge in [-0.05, 0) is 55.2 Å². The highest BCUT2D eigenvalue weighted by Crippen LogP contribution is 2.32. The number of nitrogens with one attached hydrogen (secondary N) is 1. The molecule has 1 aliphatic carbocycles. The van der Waals surface area contributed by atoms with Crippen LogP contribution < -0.4 is 10.1 Å². The van der Waals surface area contributed by atoms with Crippen LogP contribution in [0.15, 0.2) is 18.2 Å². The van der Waals surface area contributed by atoms with Gasteiger partial charge in [-0.1, -0.05) is 39.2 Å². The lowest BCUT2D eigenvalue weighted by atomic mass is 9.79. The van der Waals surface area contributed by atoms with Crippen LogP contribution in [0.25, 0.3) is 0 Å². The summed E-state index contributed by atoms with van der Waals surface area (Å²) >= 11 is 0. The van der Waals surface area contributed by atoms with Crippen LogP contribution in [0.4, 0.5) is 0 Å². The van der Waals surface area contributed by atoms with Crippen LogP contribution in [0.3, 0.4) is 0 Å². The monoisotopic (exact) mass is 347 g/mol. The first kappa shape index (κ1) is 19.6. The van der Waals surface area contributed by atoms with Crippen molar-refractivity contribution in [2.75, 3.05) is 7.11 Å². The Morgan fingerprint density at radius 2 is 2.00 bits per heavy atom. The fourth-order valence-corrected chi connectivity index (χ4v) is 3.69. The van der Waals surface area contributed by atoms with Crippen LogP contribution in [-0.4, -0.2) is 18.1 Å². The van der Waals surface area contributed by atoms with E-state index in [1.54, 1.807) is 12.1 Å². The minimum atomic E-state index is 0.119. The Bertz CT molecular complexity index is 548. The van der Waals surface area contributed by atoms with Gasteiger partial charge in [0.1, 0.15) is 0 Å². The third-order valence-electron chi connectivity index (χ3n) is 5.32. The molecule has 1 aromatic carbocycles. The number of hydrogen-bond acceptors (Lipinski definition) is 3. The second-order valence-electron chi connectivity index (χ2n) is 7.77. The Labute approximate surface area is 152 Å². The minimum Gasteiger partial charge on any atom is -0.504 e. The molecule has 25 heavy (non-hydrogen) atoms. The van der Waals surface area contributed by atoms with Crippen LogP contribution in [0.2, 0.25) is 0 Å². The lowest BCUT2D eigenvalue weighted by Crippen LogP contribution is -2.32. The van der Waals surface area contributed by atoms with Crippen molar-refractivity contribution in [3.05, 3.63) is 23.8 Å². The van der Waals surface area contributed by atoms with E-state index in [1.807, 2.05) is 6.07 Å². The molecule has 1 aliphatic rings. The van der Waals surface area contributed by atoms with Crippen LogP contribution in [0, 0.1) is 17.8 Å². The number of phenolic OH excluding ortho intramolecular Hbond substituents is 1. The molecule has 140 valence electrons. The number of rotatable bonds is 8. The summed E-state index contributed by atoms with van der Waals surface area (Å²) in [6.45, 7) is 5.04. The third-order valence-corrected chi connectivity index (χ3v) is 5.32. The van der Waals surface area contributed by atoms with E-state index in [4.69, 9.17) is 4.74 Å². The Morgan fingerprint density at radius 3 is 2.64 bits per heavy atom. The van der Waals surface area contributed by atoms with Gasteiger partial charge in [-0.2, -0.15) is 0 Å². The minimum absolute atomic E-state index is 0.119. The van der Waals surface area contributed by atoms with E-state index in [1.165, 1.54) is 39.2 Å². The molecular weight excluding hydrogens is 314 g/mol. The molecule has 1 amide bonds. The number of amides is 1. The molecule has 2 rings (SSSR count). The highest BCUT2D eigenvalue weighted by atomic mass is 16.5. The Hall–Kier alpha value is -1.71. The zero-order chi connectivity index (χ0) is 18.2. The number of phenols is 1. The maximum atomic E-state index is 12.4. The van der Waals surface area contributed by atoms with Crippen molar-refractivity contribution < 1.29 is 14.6 Å². The van der Waals surface area contributed by atoms with Gasteiger partial charge in [0.15, 0.2) is 11.5 Å². The second kappa shape index (κ2) is 9.69. The van der Waals surface area contributed by atoms with Crippen molar-refractivity contribution in [1.29, 1.82) is 0 Å². The number of hydrogen-bond donors (Lipinski definition) is 2. The normalized spacial score (nSPS) is 20.5. The quantitative estimate of drug-likeness (QED) is 0.719. The molecule has 1 saturated carbocycles. The van der Waals surface area contributed by atoms with Crippen molar-refractivity contribution in [3.8, 4) is 11.5 Å². The summed E-state index contributed by atoms with van der Waals surface area (Å²) in [6, 6.07) is 5.17. The molecule has 1 fully saturated rings. The van der Waals surface area contributed by atoms with Gasteiger partial charge >= 0.3 is 0 Å². The molecule has 0 aromatic heterocycles. The van der Waals surface area contributed by atoms with Gasteiger partial charge in [-0.15, -0.1) is 0 Å². The smallest absolute Gasteiger partial charge is 0.223 e. The van der Waals surface area contributed by atoms with Gasteiger partial charge in [-0.25, -0.2) is 0 Å². The maximum Gasteiger partial charge on any atom is 0.223 e. The van der Waals surface area contributed by atoms with E-state index in [2.05, 4.69) is 19.2 Å². The van der Waals surface area contributed by atoms with Crippen LogP contribution >= 0.6 is 0 Å². The SMILES string of the molecule is COc1cc(CNC(=O)C2CCC(CCCC(C)C)CC2)ccc1O. The fraction of sp³-hybridized carbons (Fsp3) is 0.667. The molecule has 0 spiro atoms. The maximum absolute atomic E-state index is 12.4. The number of benzene rings is 1. The predicted molar refractivity (Wildman–Crippen MR) is 101 cm³/mol. The molecule has 1 aromatic rings. The van der Waals surface area contributed by atoms with Gasteiger partial charge in [0, 0.05) is 12.5 Å². The van der Waals surface area contributed by atoms with E-state index in [0.717, 1.165) is 30.2 Å². The molecule has 0 bridgehead atoms. The van der Waals surface area contributed by atoms with Crippen molar-refractivity contribution in [2.24, 2.45) is 17.8 Å². The first-order valence-electron chi connectivity index (χ1n) is 9.63. The average Bonchev–Trinajstić information content (AvgIpc) is 2.61. The number of methoxy groups -OCH3 is 1. The van der Waals surface area contributed by atoms with Crippen LogP contribution in [-0.2, 0) is 11.3 Å². The van der Waals surface area contributed by atoms with Gasteiger partial charge < -0.3 is 15.2 Å². The van der Waals surface area contributed by atoms with Crippen LogP contribution in [0.1, 0.15) is 64.4 Å². The Kier molecular flexibility index (Phi) is 7.60. The summed E-state index contributed by atoms with van der Waals surface area (Å²) in [5, 5.41) is 12.7. The van der Waals surface area contributed by atoms with Gasteiger partial charge in [0.25, 0.3) is 0 Å². The van der Waals surface area contributed by atoms with Crippen molar-refractivity contribution in [1.82, 2.24) is 5.32 Å². The van der Waals surface area contributed by atoms with Crippen molar-refractivity contribution in [3.63, 3.8) is 0 Å². The van der Waals surface area contributed by atoms with Crippen LogP contribution in [0.5, 0.6) is 11.5 Å². The van der Waals surface area contributed by atoms with Crippen molar-refractivity contribution in [2.45, 2.75) is 65.3 Å². The molecule has 4 nitrogen and oxygen atoms in total. The third kappa shape index (κ3) is 6.26. The molecule has 4 heteroatoms. The summed E-state index contributed by atoms with van der Waals surface area (Å²) in [4.78, 5) is 12.4. The fourth-order valence-electron chi connectivity index (χ4n) is 3.69. The highest BCUT2D eigenvalue weighted by Gasteiger charge is 2.25. The molecule has 0 atom stereocenters. The highest BCUT2D eigenvalue weighted by molar-refractivity contribution is 5.78. The zero-order valence-electron chi connectivity index (χ0n) is 15.9. The molecule has 2 N–H and O–H groups in total. The summed E-state index contributed by atoms with van der Waals surface area (Å²) in [5.74, 6) is 2.47. The van der Waals surface area contributed by atoms with E-state index < -0.39 is 0 Å². The first-order valence-corrected chi connectivity index (χ1v) is 9.63. The summed E-state index contributed by atoms with van der Waals surface area (Å²) < 4.78 is 5.10. The zero-order valence-corrected chi connectivity index (χ0v) is 15.9. The Morgan fingerprint density at radius 1 is 1.28 bits per heavy atom. The standard InChI is InChI=1S/C21H33NO3/c1-15(2)5-4-6-16-7-10-18(11-8-16)21(24)22-14-17-9-12-19(23)20(13-17)25-3/h9,12-13,15-16,18,23H,4-8,10-11,14H2,1-3H3,(H,22,24). The topological polar surface area (TPSA) is 58.6 Å². The van der Waals surface area contributed by atoms with E-state index in [-0.39, 0.29) is 17.6 Å².